The van der Waals surface area contributed by atoms with Crippen LogP contribution in [0.15, 0.2) is 63.1 Å². The lowest BCUT2D eigenvalue weighted by atomic mass is 9.86. The van der Waals surface area contributed by atoms with Crippen LogP contribution in [0.3, 0.4) is 0 Å². The summed E-state index contributed by atoms with van der Waals surface area (Å²) >= 11 is 0. The fourth-order valence-corrected chi connectivity index (χ4v) is 6.06. The van der Waals surface area contributed by atoms with Gasteiger partial charge in [0.05, 0.1) is 6.04 Å². The van der Waals surface area contributed by atoms with Crippen LogP contribution in [0, 0.1) is 24.2 Å². The van der Waals surface area contributed by atoms with E-state index >= 15 is 0 Å². The molecule has 7 heteroatoms. The predicted octanol–water partition coefficient (Wildman–Crippen LogP) is 5.24. The molecule has 4 N–H and O–H groups in total. The van der Waals surface area contributed by atoms with Gasteiger partial charge in [-0.1, -0.05) is 31.2 Å². The average Bonchev–Trinajstić information content (AvgIpc) is 3.68. The van der Waals surface area contributed by atoms with Gasteiger partial charge in [-0.3, -0.25) is 9.98 Å². The smallest absolute Gasteiger partial charge is 0.148 e. The highest BCUT2D eigenvalue weighted by Crippen LogP contribution is 2.36. The monoisotopic (exact) mass is 542 g/mol. The normalized spacial score (nSPS) is 27.0. The molecule has 7 nitrogen and oxygen atoms in total. The number of aliphatic imine (C=N–C) groups is 2. The number of benzene rings is 1. The third kappa shape index (κ3) is 6.70. The molecule has 4 aliphatic rings. The van der Waals surface area contributed by atoms with Crippen LogP contribution in [0.4, 0.5) is 5.69 Å². The summed E-state index contributed by atoms with van der Waals surface area (Å²) in [6.45, 7) is 7.86. The summed E-state index contributed by atoms with van der Waals surface area (Å²) in [6, 6.07) is 6.63. The molecule has 40 heavy (non-hydrogen) atoms. The Morgan fingerprint density at radius 3 is 2.80 bits per heavy atom. The van der Waals surface area contributed by atoms with Gasteiger partial charge in [0, 0.05) is 35.9 Å². The van der Waals surface area contributed by atoms with E-state index in [9.17, 15) is 5.11 Å². The number of rotatable bonds is 10. The molecule has 2 heterocycles. The Kier molecular flexibility index (Phi) is 8.83. The van der Waals surface area contributed by atoms with Crippen LogP contribution in [0.5, 0.6) is 0 Å². The minimum absolute atomic E-state index is 0.0230. The summed E-state index contributed by atoms with van der Waals surface area (Å²) in [5.74, 6) is 1.02. The quantitative estimate of drug-likeness (QED) is 0.185. The van der Waals surface area contributed by atoms with Crippen molar-refractivity contribution >= 4 is 23.3 Å². The van der Waals surface area contributed by atoms with Crippen LogP contribution in [-0.4, -0.2) is 73.1 Å². The van der Waals surface area contributed by atoms with E-state index < -0.39 is 6.23 Å². The second kappa shape index (κ2) is 12.3. The van der Waals surface area contributed by atoms with Gasteiger partial charge in [0.25, 0.3) is 0 Å². The van der Waals surface area contributed by atoms with Crippen LogP contribution < -0.4 is 10.6 Å². The van der Waals surface area contributed by atoms with Crippen molar-refractivity contribution in [3.8, 4) is 0 Å². The van der Waals surface area contributed by atoms with Crippen molar-refractivity contribution in [3.63, 3.8) is 0 Å². The Labute approximate surface area is 239 Å². The highest BCUT2D eigenvalue weighted by atomic mass is 16.3. The molecule has 2 aliphatic carbocycles. The number of hydrogen-bond donors (Lipinski definition) is 4. The summed E-state index contributed by atoms with van der Waals surface area (Å²) in [7, 11) is 4.21. The number of anilines is 1. The summed E-state index contributed by atoms with van der Waals surface area (Å²) in [6.07, 6.45) is 13.1. The maximum absolute atomic E-state index is 11.0. The van der Waals surface area contributed by atoms with Crippen molar-refractivity contribution in [2.24, 2.45) is 21.8 Å². The summed E-state index contributed by atoms with van der Waals surface area (Å²) < 4.78 is 0. The lowest BCUT2D eigenvalue weighted by Crippen LogP contribution is -2.27. The van der Waals surface area contributed by atoms with Gasteiger partial charge >= 0.3 is 0 Å². The molecule has 1 fully saturated rings. The van der Waals surface area contributed by atoms with Gasteiger partial charge < -0.3 is 26.0 Å². The second-order valence-corrected chi connectivity index (χ2v) is 12.3. The Morgan fingerprint density at radius 2 is 2.08 bits per heavy atom. The third-order valence-electron chi connectivity index (χ3n) is 8.56. The first-order valence-electron chi connectivity index (χ1n) is 14.9. The molecule has 0 amide bonds. The highest BCUT2D eigenvalue weighted by molar-refractivity contribution is 6.08. The molecule has 0 spiro atoms. The van der Waals surface area contributed by atoms with Gasteiger partial charge in [-0.05, 0) is 118 Å². The Bertz CT molecular complexity index is 1270. The fraction of sp³-hybridized carbons (Fsp3) is 0.545. The molecule has 2 aliphatic heterocycles. The maximum Gasteiger partial charge on any atom is 0.148 e. The van der Waals surface area contributed by atoms with Gasteiger partial charge in [0.2, 0.25) is 0 Å². The summed E-state index contributed by atoms with van der Waals surface area (Å²) in [5, 5.41) is 26.3. The fourth-order valence-electron chi connectivity index (χ4n) is 6.06. The molecule has 5 rings (SSSR count). The molecule has 5 atom stereocenters. The molecule has 1 saturated carbocycles. The van der Waals surface area contributed by atoms with E-state index in [4.69, 9.17) is 15.4 Å². The van der Waals surface area contributed by atoms with E-state index in [-0.39, 0.29) is 18.0 Å². The number of aliphatic hydroxyl groups excluding tert-OH is 1. The van der Waals surface area contributed by atoms with Crippen LogP contribution in [0.1, 0.15) is 63.1 Å². The highest BCUT2D eigenvalue weighted by Gasteiger charge is 2.34. The third-order valence-corrected chi connectivity index (χ3v) is 8.56. The molecule has 1 aromatic carbocycles. The number of nitrogens with zero attached hydrogens (tertiary/aromatic N) is 3. The van der Waals surface area contributed by atoms with E-state index in [1.807, 2.05) is 6.92 Å². The number of nitrogens with one attached hydrogen (secondary N) is 3. The lowest BCUT2D eigenvalue weighted by Gasteiger charge is -2.26. The molecule has 5 unspecified atom stereocenters. The summed E-state index contributed by atoms with van der Waals surface area (Å²) in [5.41, 5.74) is 8.17. The number of aliphatic hydroxyl groups is 1. The van der Waals surface area contributed by atoms with Gasteiger partial charge in [0.1, 0.15) is 12.3 Å². The van der Waals surface area contributed by atoms with Crippen molar-refractivity contribution in [1.29, 1.82) is 5.41 Å². The number of hydrogen-bond acceptors (Lipinski definition) is 7. The van der Waals surface area contributed by atoms with Crippen molar-refractivity contribution in [2.45, 2.75) is 77.2 Å². The second-order valence-electron chi connectivity index (χ2n) is 12.3. The van der Waals surface area contributed by atoms with Crippen LogP contribution in [-0.2, 0) is 0 Å². The van der Waals surface area contributed by atoms with Crippen LogP contribution in [0.25, 0.3) is 0 Å². The van der Waals surface area contributed by atoms with E-state index in [1.165, 1.54) is 24.0 Å². The number of aryl methyl sites for hydroxylation is 1. The average molecular weight is 543 g/mol. The zero-order valence-corrected chi connectivity index (χ0v) is 24.7. The van der Waals surface area contributed by atoms with Gasteiger partial charge in [-0.2, -0.15) is 0 Å². The Hall–Kier alpha value is -2.87. The van der Waals surface area contributed by atoms with Gasteiger partial charge in [0.15, 0.2) is 0 Å². The first kappa shape index (κ1) is 28.7. The molecule has 0 saturated heterocycles. The zero-order chi connectivity index (χ0) is 28.4. The van der Waals surface area contributed by atoms with Crippen LogP contribution in [0.2, 0.25) is 0 Å². The Balaban J connectivity index is 1.44. The van der Waals surface area contributed by atoms with Crippen LogP contribution >= 0.6 is 0 Å². The standard InChI is InChI=1S/C33H46N6O/c1-20-15-31(27-8-6-7-26(22(3)34)32(27)36-18-20)38-29(13-14-39(4)5)28-17-25(12-9-21(28)2)37-33(40)24-16-30(35-19-24)23-10-11-23/h7-9,12,16-18,20,23,29-30,32-35,37,40H,6,10-11,13-15,19H2,1-5H3. The van der Waals surface area contributed by atoms with E-state index in [2.05, 4.69) is 86.1 Å². The maximum atomic E-state index is 11.0. The molecule has 1 aromatic rings. The van der Waals surface area contributed by atoms with Crippen molar-refractivity contribution in [3.05, 3.63) is 64.3 Å². The topological polar surface area (TPSA) is 96.1 Å². The molecule has 0 aromatic heterocycles. The minimum atomic E-state index is -0.707. The first-order valence-corrected chi connectivity index (χ1v) is 14.9. The summed E-state index contributed by atoms with van der Waals surface area (Å²) in [4.78, 5) is 12.6. The van der Waals surface area contributed by atoms with Crippen molar-refractivity contribution in [2.75, 3.05) is 32.5 Å². The molecule has 0 radical (unpaired) electrons. The Morgan fingerprint density at radius 1 is 1.27 bits per heavy atom. The van der Waals surface area contributed by atoms with E-state index in [1.54, 1.807) is 0 Å². The van der Waals surface area contributed by atoms with E-state index in [0.717, 1.165) is 66.4 Å². The SMILES string of the molecule is CC(=N)C1=CCC=C2C(=NC(CCN(C)C)c3cc(NC(O)C4=CC(C5CC5)NC4)ccc3C)CC(C)C=NC12. The lowest BCUT2D eigenvalue weighted by molar-refractivity contribution is 0.238. The van der Waals surface area contributed by atoms with Crippen molar-refractivity contribution < 1.29 is 5.11 Å². The molecule has 214 valence electrons. The number of fused-ring (bicyclic) bond motifs is 1. The zero-order valence-electron chi connectivity index (χ0n) is 24.7. The predicted molar refractivity (Wildman–Crippen MR) is 167 cm³/mol. The molecular weight excluding hydrogens is 496 g/mol. The van der Waals surface area contributed by atoms with Gasteiger partial charge in [-0.25, -0.2) is 0 Å². The largest absolute Gasteiger partial charge is 0.370 e. The minimum Gasteiger partial charge on any atom is -0.370 e. The van der Waals surface area contributed by atoms with E-state index in [0.29, 0.717) is 11.8 Å². The molecule has 0 bridgehead atoms. The molecular formula is C33H46N6O. The van der Waals surface area contributed by atoms with Gasteiger partial charge in [-0.15, -0.1) is 0 Å². The first-order chi connectivity index (χ1) is 19.2. The number of allylic oxidation sites excluding steroid dienone is 2. The van der Waals surface area contributed by atoms with Crippen molar-refractivity contribution in [1.82, 2.24) is 10.2 Å².